The molecule has 0 spiro atoms. The van der Waals surface area contributed by atoms with Crippen LogP contribution < -0.4 is 0 Å². The highest BCUT2D eigenvalue weighted by Gasteiger charge is 2.27. The zero-order valence-corrected chi connectivity index (χ0v) is 15.0. The van der Waals surface area contributed by atoms with Crippen LogP contribution >= 0.6 is 23.2 Å². The number of hydrogen-bond acceptors (Lipinski definition) is 4. The van der Waals surface area contributed by atoms with Crippen molar-refractivity contribution in [3.63, 3.8) is 0 Å². The molecule has 4 nitrogen and oxygen atoms in total. The second-order valence-corrected chi connectivity index (χ2v) is 7.01. The topological polar surface area (TPSA) is 42.2 Å². The number of nitrogens with zero attached hydrogens (tertiary/aromatic N) is 3. The summed E-state index contributed by atoms with van der Waals surface area (Å²) in [5.41, 5.74) is 1.99. The average Bonchev–Trinajstić information content (AvgIpc) is 3.25. The van der Waals surface area contributed by atoms with Crippen LogP contribution in [-0.4, -0.2) is 21.6 Å². The Morgan fingerprint density at radius 1 is 1.08 bits per heavy atom. The molecule has 0 aliphatic carbocycles. The minimum Gasteiger partial charge on any atom is -0.419 e. The molecule has 1 aliphatic rings. The Morgan fingerprint density at radius 3 is 2.80 bits per heavy atom. The Kier molecular flexibility index (Phi) is 4.75. The van der Waals surface area contributed by atoms with Crippen molar-refractivity contribution < 1.29 is 4.42 Å². The molecule has 0 bridgehead atoms. The number of aromatic nitrogens is 2. The summed E-state index contributed by atoms with van der Waals surface area (Å²) in [6, 6.07) is 15.9. The molecule has 4 rings (SSSR count). The molecule has 1 aromatic heterocycles. The predicted octanol–water partition coefficient (Wildman–Crippen LogP) is 5.38. The summed E-state index contributed by atoms with van der Waals surface area (Å²) in [7, 11) is 0. The fourth-order valence-corrected chi connectivity index (χ4v) is 3.76. The Hall–Kier alpha value is -1.88. The summed E-state index contributed by atoms with van der Waals surface area (Å²) in [4.78, 5) is 2.36. The molecule has 6 heteroatoms. The predicted molar refractivity (Wildman–Crippen MR) is 98.6 cm³/mol. The third-order valence-corrected chi connectivity index (χ3v) is 5.07. The quantitative estimate of drug-likeness (QED) is 0.615. The fraction of sp³-hybridized carbons (Fsp3) is 0.263. The summed E-state index contributed by atoms with van der Waals surface area (Å²) in [5, 5.41) is 9.73. The summed E-state index contributed by atoms with van der Waals surface area (Å²) in [6.45, 7) is 1.62. The summed E-state index contributed by atoms with van der Waals surface area (Å²) in [5.74, 6) is 1.06. The lowest BCUT2D eigenvalue weighted by Crippen LogP contribution is -2.22. The third kappa shape index (κ3) is 3.56. The number of hydrogen-bond donors (Lipinski definition) is 0. The number of halogens is 2. The lowest BCUT2D eigenvalue weighted by atomic mass is 10.0. The Morgan fingerprint density at radius 2 is 1.96 bits per heavy atom. The first-order chi connectivity index (χ1) is 12.2. The zero-order valence-electron chi connectivity index (χ0n) is 13.5. The van der Waals surface area contributed by atoms with Crippen molar-refractivity contribution in [3.8, 4) is 11.5 Å². The van der Waals surface area contributed by atoms with Crippen LogP contribution in [0.5, 0.6) is 0 Å². The second-order valence-electron chi connectivity index (χ2n) is 6.16. The van der Waals surface area contributed by atoms with Crippen LogP contribution in [0.25, 0.3) is 11.5 Å². The highest BCUT2D eigenvalue weighted by molar-refractivity contribution is 6.33. The molecule has 1 atom stereocenters. The maximum Gasteiger partial charge on any atom is 0.249 e. The lowest BCUT2D eigenvalue weighted by Gasteiger charge is -2.23. The van der Waals surface area contributed by atoms with Crippen molar-refractivity contribution in [3.05, 3.63) is 70.0 Å². The van der Waals surface area contributed by atoms with E-state index in [0.29, 0.717) is 29.4 Å². The van der Waals surface area contributed by atoms with Crippen LogP contribution in [0, 0.1) is 0 Å². The molecule has 1 unspecified atom stereocenters. The minimum atomic E-state index is 0.328. The van der Waals surface area contributed by atoms with Crippen molar-refractivity contribution in [2.75, 3.05) is 6.54 Å². The van der Waals surface area contributed by atoms with Gasteiger partial charge in [0.1, 0.15) is 0 Å². The fourth-order valence-electron chi connectivity index (χ4n) is 3.34. The van der Waals surface area contributed by atoms with Crippen molar-refractivity contribution >= 4 is 23.2 Å². The van der Waals surface area contributed by atoms with Crippen LogP contribution in [0.1, 0.15) is 30.3 Å². The van der Waals surface area contributed by atoms with Crippen LogP contribution in [0.3, 0.4) is 0 Å². The van der Waals surface area contributed by atoms with Crippen LogP contribution in [0.2, 0.25) is 10.0 Å². The van der Waals surface area contributed by atoms with Gasteiger partial charge in [-0.1, -0.05) is 47.5 Å². The molecule has 3 aromatic rings. The maximum absolute atomic E-state index is 6.21. The van der Waals surface area contributed by atoms with E-state index in [1.165, 1.54) is 5.56 Å². The second kappa shape index (κ2) is 7.16. The largest absolute Gasteiger partial charge is 0.419 e. The van der Waals surface area contributed by atoms with E-state index in [1.54, 1.807) is 0 Å². The van der Waals surface area contributed by atoms with Gasteiger partial charge in [0.2, 0.25) is 11.8 Å². The highest BCUT2D eigenvalue weighted by atomic mass is 35.5. The number of benzene rings is 2. The maximum atomic E-state index is 6.21. The molecule has 0 amide bonds. The van der Waals surface area contributed by atoms with Gasteiger partial charge in [0.15, 0.2) is 0 Å². The van der Waals surface area contributed by atoms with E-state index < -0.39 is 0 Å². The highest BCUT2D eigenvalue weighted by Crippen LogP contribution is 2.34. The van der Waals surface area contributed by atoms with E-state index in [9.17, 15) is 0 Å². The normalized spacial score (nSPS) is 17.9. The van der Waals surface area contributed by atoms with Crippen molar-refractivity contribution in [1.82, 2.24) is 15.1 Å². The van der Waals surface area contributed by atoms with Gasteiger partial charge in [-0.3, -0.25) is 4.90 Å². The van der Waals surface area contributed by atoms with E-state index in [-0.39, 0.29) is 0 Å². The van der Waals surface area contributed by atoms with Crippen molar-refractivity contribution in [2.45, 2.75) is 25.4 Å². The van der Waals surface area contributed by atoms with Crippen molar-refractivity contribution in [1.29, 1.82) is 0 Å². The smallest absolute Gasteiger partial charge is 0.249 e. The van der Waals surface area contributed by atoms with E-state index >= 15 is 0 Å². The molecule has 25 heavy (non-hydrogen) atoms. The average molecular weight is 374 g/mol. The van der Waals surface area contributed by atoms with E-state index in [1.807, 2.05) is 42.5 Å². The minimum absolute atomic E-state index is 0.328. The number of likely N-dealkylation sites (tertiary alicyclic amines) is 1. The molecule has 1 aliphatic heterocycles. The van der Waals surface area contributed by atoms with Gasteiger partial charge in [-0.05, 0) is 49.2 Å². The van der Waals surface area contributed by atoms with Crippen LogP contribution in [0.15, 0.2) is 52.9 Å². The van der Waals surface area contributed by atoms with Gasteiger partial charge in [0.05, 0.1) is 17.1 Å². The van der Waals surface area contributed by atoms with Crippen molar-refractivity contribution in [2.24, 2.45) is 0 Å². The summed E-state index contributed by atoms with van der Waals surface area (Å²) >= 11 is 12.4. The van der Waals surface area contributed by atoms with E-state index in [0.717, 1.165) is 30.0 Å². The van der Waals surface area contributed by atoms with Gasteiger partial charge in [-0.2, -0.15) is 0 Å². The first kappa shape index (κ1) is 16.6. The van der Waals surface area contributed by atoms with Gasteiger partial charge in [-0.25, -0.2) is 0 Å². The molecule has 1 fully saturated rings. The molecular formula is C19H17Cl2N3O. The summed E-state index contributed by atoms with van der Waals surface area (Å²) < 4.78 is 5.85. The molecular weight excluding hydrogens is 357 g/mol. The molecule has 0 saturated carbocycles. The molecule has 1 saturated heterocycles. The zero-order chi connectivity index (χ0) is 17.2. The lowest BCUT2D eigenvalue weighted by molar-refractivity contribution is 0.224. The Labute approximate surface area is 156 Å². The van der Waals surface area contributed by atoms with Gasteiger partial charge in [0, 0.05) is 11.1 Å². The van der Waals surface area contributed by atoms with E-state index in [4.69, 9.17) is 27.6 Å². The van der Waals surface area contributed by atoms with Crippen LogP contribution in [0.4, 0.5) is 0 Å². The first-order valence-corrected chi connectivity index (χ1v) is 9.03. The molecule has 2 heterocycles. The van der Waals surface area contributed by atoms with E-state index in [2.05, 4.69) is 21.2 Å². The Bertz CT molecular complexity index is 880. The first-order valence-electron chi connectivity index (χ1n) is 8.27. The molecule has 0 N–H and O–H groups in total. The van der Waals surface area contributed by atoms with Gasteiger partial charge >= 0.3 is 0 Å². The Balaban J connectivity index is 1.53. The molecule has 0 radical (unpaired) electrons. The molecule has 128 valence electrons. The monoisotopic (exact) mass is 373 g/mol. The van der Waals surface area contributed by atoms with Crippen LogP contribution in [-0.2, 0) is 6.54 Å². The van der Waals surface area contributed by atoms with Gasteiger partial charge in [0.25, 0.3) is 0 Å². The number of rotatable bonds is 4. The van der Waals surface area contributed by atoms with Gasteiger partial charge in [-0.15, -0.1) is 10.2 Å². The third-order valence-electron chi connectivity index (χ3n) is 4.51. The standard InChI is InChI=1S/C19H17Cl2N3O/c20-14-6-3-5-13(11-14)17-9-4-10-24(17)12-18-22-23-19(25-18)15-7-1-2-8-16(15)21/h1-3,5-8,11,17H,4,9-10,12H2. The summed E-state index contributed by atoms with van der Waals surface area (Å²) in [6.07, 6.45) is 2.24. The SMILES string of the molecule is Clc1cccc(C2CCCN2Cc2nnc(-c3ccccc3Cl)o2)c1. The van der Waals surface area contributed by atoms with Gasteiger partial charge < -0.3 is 4.42 Å². The molecule has 2 aromatic carbocycles.